The van der Waals surface area contributed by atoms with Crippen LogP contribution in [0.2, 0.25) is 0 Å². The van der Waals surface area contributed by atoms with Gasteiger partial charge in [0, 0.05) is 18.9 Å². The number of amides is 2. The molecule has 3 rings (SSSR count). The Morgan fingerprint density at radius 1 is 1.44 bits per heavy atom. The van der Waals surface area contributed by atoms with E-state index in [1.165, 1.54) is 10.6 Å². The first-order valence-corrected chi connectivity index (χ1v) is 9.14. The van der Waals surface area contributed by atoms with Crippen LogP contribution in [0.25, 0.3) is 5.52 Å². The number of sulfone groups is 1. The zero-order valence-electron chi connectivity index (χ0n) is 13.2. The van der Waals surface area contributed by atoms with Crippen LogP contribution in [0.4, 0.5) is 0 Å². The largest absolute Gasteiger partial charge is 0.390 e. The highest BCUT2D eigenvalue weighted by molar-refractivity contribution is 7.90. The van der Waals surface area contributed by atoms with E-state index in [1.807, 2.05) is 0 Å². The van der Waals surface area contributed by atoms with Gasteiger partial charge in [-0.25, -0.2) is 13.4 Å². The Balaban J connectivity index is 1.78. The van der Waals surface area contributed by atoms with Crippen molar-refractivity contribution < 1.29 is 22.8 Å². The minimum Gasteiger partial charge on any atom is -0.390 e. The van der Waals surface area contributed by atoms with Crippen LogP contribution in [-0.4, -0.2) is 54.2 Å². The molecule has 1 aliphatic heterocycles. The number of imidazole rings is 1. The topological polar surface area (TPSA) is 145 Å². The molecule has 1 aliphatic rings. The maximum atomic E-state index is 12.4. The third-order valence-electron chi connectivity index (χ3n) is 3.57. The monoisotopic (exact) mass is 365 g/mol. The summed E-state index contributed by atoms with van der Waals surface area (Å²) in [5.74, 6) is -1.23. The van der Waals surface area contributed by atoms with Crippen LogP contribution in [0.1, 0.15) is 16.9 Å². The van der Waals surface area contributed by atoms with Crippen LogP contribution in [0.3, 0.4) is 0 Å². The Labute approximate surface area is 142 Å². The Kier molecular flexibility index (Phi) is 4.17. The van der Waals surface area contributed by atoms with Crippen molar-refractivity contribution in [1.29, 1.82) is 0 Å². The number of hydrogen-bond donors (Lipinski definition) is 2. The van der Waals surface area contributed by atoms with Crippen LogP contribution < -0.4 is 11.1 Å². The molecule has 0 unspecified atom stereocenters. The maximum absolute atomic E-state index is 12.4. The van der Waals surface area contributed by atoms with Gasteiger partial charge in [0.05, 0.1) is 12.1 Å². The Morgan fingerprint density at radius 2 is 2.20 bits per heavy atom. The summed E-state index contributed by atoms with van der Waals surface area (Å²) >= 11 is 0. The van der Waals surface area contributed by atoms with Crippen molar-refractivity contribution in [3.8, 4) is 0 Å². The second kappa shape index (κ2) is 6.16. The van der Waals surface area contributed by atoms with E-state index in [2.05, 4.69) is 15.5 Å². The first-order chi connectivity index (χ1) is 11.8. The van der Waals surface area contributed by atoms with Gasteiger partial charge < -0.3 is 15.9 Å². The molecule has 0 aromatic carbocycles. The molecule has 0 fully saturated rings. The summed E-state index contributed by atoms with van der Waals surface area (Å²) in [5.41, 5.74) is 5.55. The average molecular weight is 365 g/mol. The molecular weight excluding hydrogens is 350 g/mol. The molecule has 0 bridgehead atoms. The van der Waals surface area contributed by atoms with E-state index < -0.39 is 27.8 Å². The number of carbonyl (C=O) groups excluding carboxylic acids is 2. The summed E-state index contributed by atoms with van der Waals surface area (Å²) in [6, 6.07) is 4.91. The zero-order valence-corrected chi connectivity index (χ0v) is 14.0. The molecule has 132 valence electrons. The molecule has 0 saturated carbocycles. The summed E-state index contributed by atoms with van der Waals surface area (Å²) < 4.78 is 25.0. The standard InChI is InChI=1S/C14H15N5O5S/c1-25(22,23)14-17-11(10-4-2-3-5-19(10)14)13(21)16-7-8-6-9(12(15)20)18-24-8/h2-5,8H,6-7H2,1H3,(H2,15,20)(H,16,21)/t8-/m1/s1. The van der Waals surface area contributed by atoms with Crippen molar-refractivity contribution in [2.75, 3.05) is 12.8 Å². The first kappa shape index (κ1) is 16.9. The summed E-state index contributed by atoms with van der Waals surface area (Å²) in [7, 11) is -3.61. The molecule has 1 atom stereocenters. The summed E-state index contributed by atoms with van der Waals surface area (Å²) in [5, 5.41) is 5.92. The zero-order chi connectivity index (χ0) is 18.2. The first-order valence-electron chi connectivity index (χ1n) is 7.25. The predicted octanol–water partition coefficient (Wildman–Crippen LogP) is -0.902. The number of hydrogen-bond acceptors (Lipinski definition) is 7. The summed E-state index contributed by atoms with van der Waals surface area (Å²) in [6.45, 7) is 0.0686. The third kappa shape index (κ3) is 3.31. The van der Waals surface area contributed by atoms with E-state index in [-0.39, 0.29) is 29.5 Å². The fraction of sp³-hybridized carbons (Fsp3) is 0.286. The van der Waals surface area contributed by atoms with Gasteiger partial charge in [0.2, 0.25) is 15.0 Å². The Morgan fingerprint density at radius 3 is 2.84 bits per heavy atom. The molecule has 2 aromatic heterocycles. The van der Waals surface area contributed by atoms with Gasteiger partial charge in [-0.2, -0.15) is 0 Å². The van der Waals surface area contributed by atoms with E-state index in [0.717, 1.165) is 6.26 Å². The Bertz CT molecular complexity index is 994. The van der Waals surface area contributed by atoms with E-state index in [1.54, 1.807) is 18.2 Å². The lowest BCUT2D eigenvalue weighted by atomic mass is 10.1. The molecule has 11 heteroatoms. The number of carbonyl (C=O) groups is 2. The molecule has 0 spiro atoms. The van der Waals surface area contributed by atoms with Gasteiger partial charge in [0.15, 0.2) is 11.8 Å². The van der Waals surface area contributed by atoms with Crippen LogP contribution in [0, 0.1) is 0 Å². The van der Waals surface area contributed by atoms with Crippen LogP contribution >= 0.6 is 0 Å². The van der Waals surface area contributed by atoms with Crippen LogP contribution in [0.15, 0.2) is 34.7 Å². The second-order valence-corrected chi connectivity index (χ2v) is 7.42. The molecule has 2 aromatic rings. The normalized spacial score (nSPS) is 17.2. The van der Waals surface area contributed by atoms with E-state index >= 15 is 0 Å². The number of nitrogens with one attached hydrogen (secondary N) is 1. The summed E-state index contributed by atoms with van der Waals surface area (Å²) in [4.78, 5) is 32.4. The number of nitrogens with two attached hydrogens (primary N) is 1. The van der Waals surface area contributed by atoms with Gasteiger partial charge in [-0.15, -0.1) is 0 Å². The third-order valence-corrected chi connectivity index (χ3v) is 4.52. The number of oxime groups is 1. The molecule has 2 amide bonds. The van der Waals surface area contributed by atoms with E-state index in [4.69, 9.17) is 10.6 Å². The van der Waals surface area contributed by atoms with Gasteiger partial charge in [-0.1, -0.05) is 11.2 Å². The van der Waals surface area contributed by atoms with Crippen LogP contribution in [-0.2, 0) is 19.5 Å². The van der Waals surface area contributed by atoms with Crippen molar-refractivity contribution in [2.45, 2.75) is 17.7 Å². The molecular formula is C14H15N5O5S. The quantitative estimate of drug-likeness (QED) is 0.702. The highest BCUT2D eigenvalue weighted by Gasteiger charge is 2.27. The van der Waals surface area contributed by atoms with Gasteiger partial charge in [-0.05, 0) is 12.1 Å². The summed E-state index contributed by atoms with van der Waals surface area (Å²) in [6.07, 6.45) is 2.21. The highest BCUT2D eigenvalue weighted by atomic mass is 32.2. The lowest BCUT2D eigenvalue weighted by molar-refractivity contribution is -0.112. The molecule has 0 aliphatic carbocycles. The van der Waals surface area contributed by atoms with Gasteiger partial charge in [0.1, 0.15) is 5.71 Å². The van der Waals surface area contributed by atoms with Crippen molar-refractivity contribution in [1.82, 2.24) is 14.7 Å². The number of fused-ring (bicyclic) bond motifs is 1. The average Bonchev–Trinajstić information content (AvgIpc) is 3.17. The fourth-order valence-electron chi connectivity index (χ4n) is 2.41. The van der Waals surface area contributed by atoms with E-state index in [9.17, 15) is 18.0 Å². The molecule has 3 N–H and O–H groups in total. The second-order valence-electron chi connectivity index (χ2n) is 5.51. The van der Waals surface area contributed by atoms with Gasteiger partial charge in [-0.3, -0.25) is 14.0 Å². The predicted molar refractivity (Wildman–Crippen MR) is 86.8 cm³/mol. The Hall–Kier alpha value is -2.95. The van der Waals surface area contributed by atoms with Crippen molar-refractivity contribution in [3.63, 3.8) is 0 Å². The molecule has 0 radical (unpaired) electrons. The molecule has 10 nitrogen and oxygen atoms in total. The number of primary amides is 1. The van der Waals surface area contributed by atoms with Crippen molar-refractivity contribution in [2.24, 2.45) is 10.9 Å². The molecule has 0 saturated heterocycles. The number of pyridine rings is 1. The van der Waals surface area contributed by atoms with Crippen LogP contribution in [0.5, 0.6) is 0 Å². The number of nitrogens with zero attached hydrogens (tertiary/aromatic N) is 3. The number of aromatic nitrogens is 2. The smallest absolute Gasteiger partial charge is 0.272 e. The maximum Gasteiger partial charge on any atom is 0.272 e. The molecule has 3 heterocycles. The minimum atomic E-state index is -3.61. The van der Waals surface area contributed by atoms with Gasteiger partial charge >= 0.3 is 0 Å². The SMILES string of the molecule is CS(=O)(=O)c1nc(C(=O)NC[C@H]2CC(C(N)=O)=NO2)c2ccccn12. The fourth-order valence-corrected chi connectivity index (χ4v) is 3.19. The molecule has 25 heavy (non-hydrogen) atoms. The van der Waals surface area contributed by atoms with E-state index in [0.29, 0.717) is 5.52 Å². The van der Waals surface area contributed by atoms with Crippen molar-refractivity contribution >= 4 is 32.9 Å². The number of rotatable bonds is 5. The van der Waals surface area contributed by atoms with Gasteiger partial charge in [0.25, 0.3) is 11.8 Å². The lowest BCUT2D eigenvalue weighted by Gasteiger charge is -2.08. The minimum absolute atomic E-state index is 0.0185. The lowest BCUT2D eigenvalue weighted by Crippen LogP contribution is -2.33. The highest BCUT2D eigenvalue weighted by Crippen LogP contribution is 2.17. The van der Waals surface area contributed by atoms with Crippen molar-refractivity contribution in [3.05, 3.63) is 30.1 Å².